The Morgan fingerprint density at radius 2 is 1.73 bits per heavy atom. The highest BCUT2D eigenvalue weighted by Gasteiger charge is 2.26. The predicted molar refractivity (Wildman–Crippen MR) is 83.3 cm³/mol. The maximum Gasteiger partial charge on any atom is 0.303 e. The van der Waals surface area contributed by atoms with Gasteiger partial charge in [0.05, 0.1) is 0 Å². The Morgan fingerprint density at radius 3 is 2.41 bits per heavy atom. The van der Waals surface area contributed by atoms with Crippen LogP contribution in [0, 0.1) is 0 Å². The number of benzene rings is 1. The fourth-order valence-corrected chi connectivity index (χ4v) is 2.73. The first-order chi connectivity index (χ1) is 10.6. The monoisotopic (exact) mass is 302 g/mol. The van der Waals surface area contributed by atoms with Crippen LogP contribution in [0.1, 0.15) is 37.8 Å². The lowest BCUT2D eigenvalue weighted by molar-refractivity contribution is -0.161. The summed E-state index contributed by atoms with van der Waals surface area (Å²) in [5.41, 5.74) is 2.40. The summed E-state index contributed by atoms with van der Waals surface area (Å²) in [5.74, 6) is -0.748. The molecule has 0 spiro atoms. The van der Waals surface area contributed by atoms with Crippen LogP contribution < -0.4 is 0 Å². The molecule has 0 amide bonds. The third-order valence-corrected chi connectivity index (χ3v) is 3.67. The molecule has 0 saturated carbocycles. The van der Waals surface area contributed by atoms with Crippen molar-refractivity contribution in [1.82, 2.24) is 0 Å². The van der Waals surface area contributed by atoms with Gasteiger partial charge in [-0.1, -0.05) is 30.3 Å². The Kier molecular flexibility index (Phi) is 5.75. The van der Waals surface area contributed by atoms with Crippen LogP contribution >= 0.6 is 0 Å². The molecule has 0 radical (unpaired) electrons. The topological polar surface area (TPSA) is 52.6 Å². The molecular formula is C18H22O4. The summed E-state index contributed by atoms with van der Waals surface area (Å²) in [5, 5.41) is 0. The second-order valence-corrected chi connectivity index (χ2v) is 5.52. The van der Waals surface area contributed by atoms with E-state index in [1.807, 2.05) is 30.4 Å². The molecule has 1 aromatic rings. The molecule has 0 aromatic heterocycles. The largest absolute Gasteiger partial charge is 0.458 e. The number of hydrogen-bond donors (Lipinski definition) is 0. The number of rotatable bonds is 2. The summed E-state index contributed by atoms with van der Waals surface area (Å²) in [7, 11) is 0. The van der Waals surface area contributed by atoms with E-state index >= 15 is 0 Å². The first kappa shape index (κ1) is 16.3. The fraction of sp³-hybridized carbons (Fsp3) is 0.444. The van der Waals surface area contributed by atoms with Gasteiger partial charge >= 0.3 is 11.9 Å². The van der Waals surface area contributed by atoms with E-state index in [1.165, 1.54) is 19.4 Å². The van der Waals surface area contributed by atoms with Crippen molar-refractivity contribution in [3.63, 3.8) is 0 Å². The van der Waals surface area contributed by atoms with Gasteiger partial charge in [0, 0.05) is 20.3 Å². The van der Waals surface area contributed by atoms with Gasteiger partial charge in [0.1, 0.15) is 6.10 Å². The lowest BCUT2D eigenvalue weighted by atomic mass is 9.94. The molecule has 1 aliphatic rings. The van der Waals surface area contributed by atoms with Crippen molar-refractivity contribution in [3.05, 3.63) is 47.5 Å². The second-order valence-electron chi connectivity index (χ2n) is 5.52. The second kappa shape index (κ2) is 7.78. The molecule has 2 unspecified atom stereocenters. The van der Waals surface area contributed by atoms with Gasteiger partial charge < -0.3 is 9.47 Å². The Hall–Kier alpha value is -2.10. The number of carbonyl (C=O) groups is 2. The van der Waals surface area contributed by atoms with E-state index in [-0.39, 0.29) is 11.9 Å². The number of fused-ring (bicyclic) bond motifs is 1. The molecular weight excluding hydrogens is 280 g/mol. The Bertz CT molecular complexity index is 562. The van der Waals surface area contributed by atoms with Crippen LogP contribution in [-0.2, 0) is 31.9 Å². The minimum atomic E-state index is -0.549. The van der Waals surface area contributed by atoms with Crippen LogP contribution in [0.15, 0.2) is 36.4 Å². The van der Waals surface area contributed by atoms with Gasteiger partial charge in [0.2, 0.25) is 0 Å². The molecule has 1 aliphatic carbocycles. The lowest BCUT2D eigenvalue weighted by Crippen LogP contribution is -2.35. The smallest absolute Gasteiger partial charge is 0.303 e. The third kappa shape index (κ3) is 4.72. The van der Waals surface area contributed by atoms with Crippen LogP contribution in [0.2, 0.25) is 0 Å². The molecule has 0 N–H and O–H groups in total. The Balaban J connectivity index is 2.31. The molecule has 4 nitrogen and oxygen atoms in total. The van der Waals surface area contributed by atoms with Crippen molar-refractivity contribution in [3.8, 4) is 0 Å². The molecule has 0 heterocycles. The average molecular weight is 302 g/mol. The molecule has 1 aromatic carbocycles. The minimum absolute atomic E-state index is 0.370. The van der Waals surface area contributed by atoms with Crippen LogP contribution in [0.4, 0.5) is 0 Å². The third-order valence-electron chi connectivity index (χ3n) is 3.67. The highest BCUT2D eigenvalue weighted by Crippen LogP contribution is 2.21. The van der Waals surface area contributed by atoms with E-state index in [4.69, 9.17) is 9.47 Å². The zero-order valence-corrected chi connectivity index (χ0v) is 13.1. The van der Waals surface area contributed by atoms with Gasteiger partial charge in [-0.25, -0.2) is 0 Å². The van der Waals surface area contributed by atoms with Gasteiger partial charge in [-0.15, -0.1) is 0 Å². The van der Waals surface area contributed by atoms with Gasteiger partial charge in [-0.05, 0) is 36.5 Å². The van der Waals surface area contributed by atoms with Crippen molar-refractivity contribution in [1.29, 1.82) is 0 Å². The molecule has 2 rings (SSSR count). The molecule has 22 heavy (non-hydrogen) atoms. The highest BCUT2D eigenvalue weighted by molar-refractivity contribution is 5.67. The number of esters is 2. The number of ether oxygens (including phenoxy) is 2. The van der Waals surface area contributed by atoms with E-state index in [0.29, 0.717) is 6.42 Å². The van der Waals surface area contributed by atoms with Crippen molar-refractivity contribution >= 4 is 11.9 Å². The Morgan fingerprint density at radius 1 is 1.05 bits per heavy atom. The number of aryl methyl sites for hydroxylation is 1. The zero-order valence-electron chi connectivity index (χ0n) is 13.1. The van der Waals surface area contributed by atoms with Crippen LogP contribution in [0.3, 0.4) is 0 Å². The van der Waals surface area contributed by atoms with Crippen LogP contribution in [0.25, 0.3) is 0 Å². The summed E-state index contributed by atoms with van der Waals surface area (Å²) >= 11 is 0. The van der Waals surface area contributed by atoms with E-state index in [1.54, 1.807) is 0 Å². The molecule has 0 saturated heterocycles. The van der Waals surface area contributed by atoms with E-state index in [9.17, 15) is 9.59 Å². The van der Waals surface area contributed by atoms with Crippen molar-refractivity contribution < 1.29 is 19.1 Å². The molecule has 0 aliphatic heterocycles. The van der Waals surface area contributed by atoms with Crippen molar-refractivity contribution in [2.75, 3.05) is 0 Å². The maximum absolute atomic E-state index is 11.4. The maximum atomic E-state index is 11.4. The summed E-state index contributed by atoms with van der Waals surface area (Å²) < 4.78 is 10.8. The molecule has 118 valence electrons. The zero-order chi connectivity index (χ0) is 15.9. The normalized spacial score (nSPS) is 23.0. The van der Waals surface area contributed by atoms with Gasteiger partial charge in [0.15, 0.2) is 6.10 Å². The molecule has 0 fully saturated rings. The van der Waals surface area contributed by atoms with E-state index in [0.717, 1.165) is 24.8 Å². The molecule has 4 heteroatoms. The van der Waals surface area contributed by atoms with Crippen LogP contribution in [0.5, 0.6) is 0 Å². The average Bonchev–Trinajstić information content (AvgIpc) is 2.45. The van der Waals surface area contributed by atoms with Crippen molar-refractivity contribution in [2.45, 2.75) is 51.7 Å². The summed E-state index contributed by atoms with van der Waals surface area (Å²) in [6, 6.07) is 8.14. The van der Waals surface area contributed by atoms with Crippen LogP contribution in [-0.4, -0.2) is 24.1 Å². The van der Waals surface area contributed by atoms with Gasteiger partial charge in [-0.2, -0.15) is 0 Å². The number of hydrogen-bond acceptors (Lipinski definition) is 4. The first-order valence-electron chi connectivity index (χ1n) is 7.64. The predicted octanol–water partition coefficient (Wildman–Crippen LogP) is 2.99. The minimum Gasteiger partial charge on any atom is -0.458 e. The highest BCUT2D eigenvalue weighted by atomic mass is 16.6. The number of carbonyl (C=O) groups excluding carboxylic acids is 2. The van der Waals surface area contributed by atoms with E-state index < -0.39 is 12.2 Å². The standard InChI is InChI=1S/C18H22O4/c1-13(19)21-17-11-5-3-4-8-15-9-6-7-10-16(15)12-18(17)22-14(2)20/h5-7,9-11,17-18H,3-4,8,12H2,1-2H3/b11-5-. The quantitative estimate of drug-likeness (QED) is 0.622. The van der Waals surface area contributed by atoms with Gasteiger partial charge in [-0.3, -0.25) is 9.59 Å². The van der Waals surface area contributed by atoms with E-state index in [2.05, 4.69) is 6.07 Å². The summed E-state index contributed by atoms with van der Waals surface area (Å²) in [6.07, 6.45) is 6.26. The summed E-state index contributed by atoms with van der Waals surface area (Å²) in [6.45, 7) is 2.74. The Labute approximate surface area is 131 Å². The molecule has 2 atom stereocenters. The van der Waals surface area contributed by atoms with Gasteiger partial charge in [0.25, 0.3) is 0 Å². The SMILES string of the molecule is CC(=O)OC1/C=C\CCCc2ccccc2CC1OC(C)=O. The summed E-state index contributed by atoms with van der Waals surface area (Å²) in [4.78, 5) is 22.8. The van der Waals surface area contributed by atoms with Crippen molar-refractivity contribution in [2.24, 2.45) is 0 Å². The first-order valence-corrected chi connectivity index (χ1v) is 7.64. The molecule has 0 bridgehead atoms. The number of allylic oxidation sites excluding steroid dienone is 1. The lowest BCUT2D eigenvalue weighted by Gasteiger charge is -2.25. The fourth-order valence-electron chi connectivity index (χ4n) is 2.73.